The number of hydrogen-bond acceptors (Lipinski definition) is 7. The van der Waals surface area contributed by atoms with Crippen LogP contribution in [0.3, 0.4) is 0 Å². The average Bonchev–Trinajstić information content (AvgIpc) is 3.39. The predicted molar refractivity (Wildman–Crippen MR) is 125 cm³/mol. The van der Waals surface area contributed by atoms with Crippen LogP contribution in [0.4, 0.5) is 18.0 Å². The maximum Gasteiger partial charge on any atom is 0.573 e. The van der Waals surface area contributed by atoms with Gasteiger partial charge in [-0.15, -0.1) is 13.2 Å². The number of halogens is 4. The zero-order chi connectivity index (χ0) is 26.0. The van der Waals surface area contributed by atoms with Crippen molar-refractivity contribution in [3.8, 4) is 17.1 Å². The van der Waals surface area contributed by atoms with Crippen LogP contribution >= 0.6 is 11.6 Å². The van der Waals surface area contributed by atoms with Crippen LogP contribution in [0.5, 0.6) is 5.75 Å². The molecule has 0 N–H and O–H groups in total. The quantitative estimate of drug-likeness (QED) is 0.445. The van der Waals surface area contributed by atoms with Gasteiger partial charge in [0, 0.05) is 43.9 Å². The van der Waals surface area contributed by atoms with Crippen LogP contribution in [0.15, 0.2) is 47.1 Å². The molecular weight excluding hydrogens is 515 g/mol. The summed E-state index contributed by atoms with van der Waals surface area (Å²) in [6.45, 7) is 2.67. The van der Waals surface area contributed by atoms with Gasteiger partial charge in [0.2, 0.25) is 11.7 Å². The van der Waals surface area contributed by atoms with Gasteiger partial charge in [-0.25, -0.2) is 9.78 Å². The Kier molecular flexibility index (Phi) is 7.20. The van der Waals surface area contributed by atoms with Crippen molar-refractivity contribution in [3.05, 3.63) is 59.2 Å². The summed E-state index contributed by atoms with van der Waals surface area (Å²) < 4.78 is 52.7. The third kappa shape index (κ3) is 6.13. The molecule has 2 fully saturated rings. The summed E-state index contributed by atoms with van der Waals surface area (Å²) in [5, 5.41) is 4.37. The Balaban J connectivity index is 1.40. The Morgan fingerprint density at radius 3 is 2.49 bits per heavy atom. The normalized spacial score (nSPS) is 20.6. The molecule has 2 aliphatic heterocycles. The molecule has 5 rings (SSSR count). The molecule has 0 radical (unpaired) electrons. The largest absolute Gasteiger partial charge is 0.573 e. The Labute approximate surface area is 215 Å². The van der Waals surface area contributed by atoms with E-state index in [2.05, 4.69) is 19.9 Å². The molecular formula is C24H23ClF3N5O4. The van der Waals surface area contributed by atoms with Crippen molar-refractivity contribution in [3.63, 3.8) is 0 Å². The van der Waals surface area contributed by atoms with E-state index >= 15 is 0 Å². The molecule has 3 aromatic rings. The topological polar surface area (TPSA) is 93.8 Å². The van der Waals surface area contributed by atoms with Gasteiger partial charge in [-0.05, 0) is 36.2 Å². The number of carbonyl (C=O) groups excluding carboxylic acids is 1. The standard InChI is InChI=1S/C24H23ClF3N5O4/c25-20-12-16(5-6-29-20)21-30-22(37-31-21)18-11-17(15-1-3-19(4-2-15)36-24(26,27)28)13-33(14-18)23(34)32-7-9-35-10-8-32/h1-6,12,17-18H,7-11,13-14H2. The van der Waals surface area contributed by atoms with Crippen LogP contribution in [0, 0.1) is 0 Å². The number of pyridine rings is 1. The minimum Gasteiger partial charge on any atom is -0.406 e. The van der Waals surface area contributed by atoms with E-state index in [1.165, 1.54) is 12.1 Å². The molecule has 0 bridgehead atoms. The molecule has 2 amide bonds. The molecule has 13 heteroatoms. The first-order valence-corrected chi connectivity index (χ1v) is 12.1. The summed E-state index contributed by atoms with van der Waals surface area (Å²) >= 11 is 5.99. The fourth-order valence-electron chi connectivity index (χ4n) is 4.63. The van der Waals surface area contributed by atoms with Gasteiger partial charge >= 0.3 is 12.4 Å². The number of likely N-dealkylation sites (tertiary alicyclic amines) is 1. The molecule has 2 aromatic heterocycles. The first kappa shape index (κ1) is 25.3. The van der Waals surface area contributed by atoms with Crippen LogP contribution in [-0.2, 0) is 4.74 Å². The SMILES string of the molecule is O=C(N1CCOCC1)N1CC(c2ccc(OC(F)(F)F)cc2)CC(c2nc(-c3ccnc(Cl)c3)no2)C1. The Hall–Kier alpha value is -3.38. The maximum atomic E-state index is 13.3. The molecule has 9 nitrogen and oxygen atoms in total. The second kappa shape index (κ2) is 10.5. The number of aromatic nitrogens is 3. The van der Waals surface area contributed by atoms with Gasteiger partial charge in [-0.3, -0.25) is 0 Å². The zero-order valence-electron chi connectivity index (χ0n) is 19.5. The first-order valence-electron chi connectivity index (χ1n) is 11.7. The Morgan fingerprint density at radius 1 is 1.05 bits per heavy atom. The third-order valence-electron chi connectivity index (χ3n) is 6.36. The number of ether oxygens (including phenoxy) is 2. The van der Waals surface area contributed by atoms with E-state index in [1.54, 1.807) is 40.3 Å². The predicted octanol–water partition coefficient (Wildman–Crippen LogP) is 4.71. The van der Waals surface area contributed by atoms with E-state index in [1.807, 2.05) is 0 Å². The summed E-state index contributed by atoms with van der Waals surface area (Å²) in [4.78, 5) is 25.3. The van der Waals surface area contributed by atoms with E-state index in [-0.39, 0.29) is 23.6 Å². The second-order valence-corrected chi connectivity index (χ2v) is 9.24. The van der Waals surface area contributed by atoms with Crippen LogP contribution in [-0.4, -0.2) is 76.7 Å². The number of carbonyl (C=O) groups is 1. The molecule has 4 heterocycles. The maximum absolute atomic E-state index is 13.3. The lowest BCUT2D eigenvalue weighted by atomic mass is 9.84. The summed E-state index contributed by atoms with van der Waals surface area (Å²) in [5.74, 6) is -0.0456. The number of amides is 2. The van der Waals surface area contributed by atoms with Crippen molar-refractivity contribution in [2.75, 3.05) is 39.4 Å². The second-order valence-electron chi connectivity index (χ2n) is 8.86. The highest BCUT2D eigenvalue weighted by molar-refractivity contribution is 6.29. The highest BCUT2D eigenvalue weighted by Crippen LogP contribution is 2.37. The molecule has 2 unspecified atom stereocenters. The summed E-state index contributed by atoms with van der Waals surface area (Å²) in [6, 6.07) is 8.93. The number of rotatable bonds is 4. The van der Waals surface area contributed by atoms with Crippen molar-refractivity contribution in [1.29, 1.82) is 0 Å². The summed E-state index contributed by atoms with van der Waals surface area (Å²) in [6.07, 6.45) is -2.67. The zero-order valence-corrected chi connectivity index (χ0v) is 20.3. The monoisotopic (exact) mass is 537 g/mol. The van der Waals surface area contributed by atoms with Gasteiger partial charge in [0.25, 0.3) is 0 Å². The van der Waals surface area contributed by atoms with E-state index < -0.39 is 6.36 Å². The van der Waals surface area contributed by atoms with E-state index in [9.17, 15) is 18.0 Å². The van der Waals surface area contributed by atoms with Crippen molar-refractivity contribution in [1.82, 2.24) is 24.9 Å². The van der Waals surface area contributed by atoms with Gasteiger partial charge in [0.15, 0.2) is 0 Å². The lowest BCUT2D eigenvalue weighted by Gasteiger charge is -2.40. The van der Waals surface area contributed by atoms with Crippen molar-refractivity contribution >= 4 is 17.6 Å². The van der Waals surface area contributed by atoms with Gasteiger partial charge in [-0.1, -0.05) is 28.9 Å². The molecule has 0 saturated carbocycles. The summed E-state index contributed by atoms with van der Waals surface area (Å²) in [7, 11) is 0. The molecule has 0 spiro atoms. The minimum atomic E-state index is -4.77. The Bertz CT molecular complexity index is 1230. The van der Waals surface area contributed by atoms with E-state index in [4.69, 9.17) is 20.9 Å². The van der Waals surface area contributed by atoms with Crippen molar-refractivity contribution in [2.45, 2.75) is 24.6 Å². The number of morpholine rings is 1. The summed E-state index contributed by atoms with van der Waals surface area (Å²) in [5.41, 5.74) is 1.42. The number of benzene rings is 1. The molecule has 0 aliphatic carbocycles. The lowest BCUT2D eigenvalue weighted by Crippen LogP contribution is -2.52. The van der Waals surface area contributed by atoms with Crippen LogP contribution in [0.2, 0.25) is 5.15 Å². The smallest absolute Gasteiger partial charge is 0.406 e. The van der Waals surface area contributed by atoms with Gasteiger partial charge in [0.05, 0.1) is 19.1 Å². The lowest BCUT2D eigenvalue weighted by molar-refractivity contribution is -0.274. The fraction of sp³-hybridized carbons (Fsp3) is 0.417. The van der Waals surface area contributed by atoms with Crippen molar-refractivity contribution in [2.24, 2.45) is 0 Å². The van der Waals surface area contributed by atoms with Gasteiger partial charge in [-0.2, -0.15) is 4.98 Å². The number of urea groups is 1. The molecule has 196 valence electrons. The highest BCUT2D eigenvalue weighted by Gasteiger charge is 2.37. The molecule has 2 atom stereocenters. The molecule has 37 heavy (non-hydrogen) atoms. The molecule has 2 aliphatic rings. The van der Waals surface area contributed by atoms with Crippen LogP contribution in [0.1, 0.15) is 29.7 Å². The number of piperidine rings is 1. The number of nitrogens with zero attached hydrogens (tertiary/aromatic N) is 5. The van der Waals surface area contributed by atoms with Crippen molar-refractivity contribution < 1.29 is 32.0 Å². The molecule has 1 aromatic carbocycles. The fourth-order valence-corrected chi connectivity index (χ4v) is 4.81. The highest BCUT2D eigenvalue weighted by atomic mass is 35.5. The molecule has 2 saturated heterocycles. The average molecular weight is 538 g/mol. The van der Waals surface area contributed by atoms with E-state index in [0.29, 0.717) is 68.2 Å². The first-order chi connectivity index (χ1) is 17.7. The van der Waals surface area contributed by atoms with Gasteiger partial charge in [0.1, 0.15) is 10.9 Å². The van der Waals surface area contributed by atoms with Gasteiger partial charge < -0.3 is 23.8 Å². The number of alkyl halides is 3. The van der Waals surface area contributed by atoms with Crippen LogP contribution < -0.4 is 4.74 Å². The van der Waals surface area contributed by atoms with E-state index in [0.717, 1.165) is 5.56 Å². The Morgan fingerprint density at radius 2 is 1.78 bits per heavy atom. The number of hydrogen-bond donors (Lipinski definition) is 0. The minimum absolute atomic E-state index is 0.129. The third-order valence-corrected chi connectivity index (χ3v) is 6.57. The van der Waals surface area contributed by atoms with Crippen LogP contribution in [0.25, 0.3) is 11.4 Å².